The van der Waals surface area contributed by atoms with Crippen molar-refractivity contribution in [1.29, 1.82) is 0 Å². The topological polar surface area (TPSA) is 58.6 Å². The van der Waals surface area contributed by atoms with Gasteiger partial charge in [-0.15, -0.1) is 12.4 Å². The van der Waals surface area contributed by atoms with Gasteiger partial charge in [-0.2, -0.15) is 0 Å². The van der Waals surface area contributed by atoms with Gasteiger partial charge in [0, 0.05) is 19.7 Å². The zero-order valence-electron chi connectivity index (χ0n) is 12.2. The minimum Gasteiger partial charge on any atom is -0.377 e. The van der Waals surface area contributed by atoms with Crippen molar-refractivity contribution in [2.45, 2.75) is 38.2 Å². The Hall–Kier alpha value is 0.120. The predicted molar refractivity (Wildman–Crippen MR) is 82.8 cm³/mol. The van der Waals surface area contributed by atoms with Crippen molar-refractivity contribution < 1.29 is 13.2 Å². The van der Waals surface area contributed by atoms with Gasteiger partial charge in [-0.25, -0.2) is 12.7 Å². The Balaban J connectivity index is 0.00000200. The smallest absolute Gasteiger partial charge is 0.216 e. The molecular weight excluding hydrogens is 300 g/mol. The monoisotopic (exact) mass is 326 g/mol. The predicted octanol–water partition coefficient (Wildman–Crippen LogP) is 1.24. The lowest BCUT2D eigenvalue weighted by Crippen LogP contribution is -2.42. The number of nitrogens with one attached hydrogen (secondary N) is 1. The minimum atomic E-state index is -3.12. The summed E-state index contributed by atoms with van der Waals surface area (Å²) in [5, 5.41) is 3.16. The van der Waals surface area contributed by atoms with Gasteiger partial charge in [0.2, 0.25) is 10.0 Å². The van der Waals surface area contributed by atoms with E-state index in [4.69, 9.17) is 4.74 Å². The van der Waals surface area contributed by atoms with E-state index in [1.54, 1.807) is 4.31 Å². The Morgan fingerprint density at radius 1 is 1.25 bits per heavy atom. The molecule has 120 valence electrons. The Labute approximate surface area is 128 Å². The highest BCUT2D eigenvalue weighted by Crippen LogP contribution is 2.24. The van der Waals surface area contributed by atoms with Gasteiger partial charge in [0.25, 0.3) is 0 Å². The highest BCUT2D eigenvalue weighted by Gasteiger charge is 2.31. The van der Waals surface area contributed by atoms with Gasteiger partial charge in [0.15, 0.2) is 0 Å². The molecule has 1 unspecified atom stereocenters. The summed E-state index contributed by atoms with van der Waals surface area (Å²) in [4.78, 5) is 0. The summed E-state index contributed by atoms with van der Waals surface area (Å²) in [6.45, 7) is 3.10. The lowest BCUT2D eigenvalue weighted by atomic mass is 9.95. The van der Waals surface area contributed by atoms with Gasteiger partial charge in [0.05, 0.1) is 11.9 Å². The van der Waals surface area contributed by atoms with Crippen molar-refractivity contribution in [3.8, 4) is 0 Å². The van der Waals surface area contributed by atoms with Crippen LogP contribution in [0, 0.1) is 5.92 Å². The molecule has 2 aliphatic rings. The van der Waals surface area contributed by atoms with Crippen molar-refractivity contribution in [3.63, 3.8) is 0 Å². The Morgan fingerprint density at radius 3 is 2.50 bits per heavy atom. The number of hydrogen-bond donors (Lipinski definition) is 1. The number of hydrogen-bond acceptors (Lipinski definition) is 4. The third kappa shape index (κ3) is 5.15. The minimum absolute atomic E-state index is 0. The van der Waals surface area contributed by atoms with E-state index >= 15 is 0 Å². The molecule has 0 amide bonds. The summed E-state index contributed by atoms with van der Waals surface area (Å²) >= 11 is 0. The molecule has 0 aromatic rings. The molecule has 5 nitrogen and oxygen atoms in total. The van der Waals surface area contributed by atoms with Crippen LogP contribution in [-0.4, -0.2) is 57.9 Å². The fraction of sp³-hybridized carbons (Fsp3) is 1.00. The molecule has 2 rings (SSSR count). The van der Waals surface area contributed by atoms with E-state index in [-0.39, 0.29) is 24.3 Å². The number of halogens is 1. The summed E-state index contributed by atoms with van der Waals surface area (Å²) in [5.41, 5.74) is 0. The average Bonchev–Trinajstić information content (AvgIpc) is 2.89. The molecule has 0 aromatic heterocycles. The van der Waals surface area contributed by atoms with E-state index in [0.717, 1.165) is 38.6 Å². The SMILES string of the molecule is CNCCC1CCN(S(=O)(=O)CC2CCCO2)CC1.Cl. The van der Waals surface area contributed by atoms with E-state index in [0.29, 0.717) is 25.6 Å². The van der Waals surface area contributed by atoms with Gasteiger partial charge < -0.3 is 10.1 Å². The van der Waals surface area contributed by atoms with E-state index < -0.39 is 10.0 Å². The number of ether oxygens (including phenoxy) is 1. The second-order valence-corrected chi connectivity index (χ2v) is 7.66. The number of nitrogens with zero attached hydrogens (tertiary/aromatic N) is 1. The molecule has 7 heteroatoms. The summed E-state index contributed by atoms with van der Waals surface area (Å²) in [6, 6.07) is 0. The van der Waals surface area contributed by atoms with Gasteiger partial charge in [-0.3, -0.25) is 0 Å². The molecule has 0 saturated carbocycles. The third-order valence-electron chi connectivity index (χ3n) is 4.19. The molecule has 0 bridgehead atoms. The van der Waals surface area contributed by atoms with E-state index in [1.165, 1.54) is 0 Å². The molecule has 2 aliphatic heterocycles. The van der Waals surface area contributed by atoms with E-state index in [9.17, 15) is 8.42 Å². The molecule has 1 atom stereocenters. The first-order valence-corrected chi connectivity index (χ1v) is 8.97. The highest BCUT2D eigenvalue weighted by molar-refractivity contribution is 7.89. The number of piperidine rings is 1. The van der Waals surface area contributed by atoms with Crippen LogP contribution in [0.15, 0.2) is 0 Å². The summed E-state index contributed by atoms with van der Waals surface area (Å²) in [5.74, 6) is 0.843. The van der Waals surface area contributed by atoms with Crippen molar-refractivity contribution in [3.05, 3.63) is 0 Å². The number of sulfonamides is 1. The van der Waals surface area contributed by atoms with Crippen molar-refractivity contribution >= 4 is 22.4 Å². The van der Waals surface area contributed by atoms with Crippen LogP contribution in [0.5, 0.6) is 0 Å². The second kappa shape index (κ2) is 8.54. The Kier molecular flexibility index (Phi) is 7.75. The second-order valence-electron chi connectivity index (χ2n) is 5.65. The quantitative estimate of drug-likeness (QED) is 0.798. The first-order valence-electron chi connectivity index (χ1n) is 7.36. The molecule has 0 spiro atoms. The first-order chi connectivity index (χ1) is 9.12. The lowest BCUT2D eigenvalue weighted by Gasteiger charge is -2.31. The summed E-state index contributed by atoms with van der Waals surface area (Å²) in [6.07, 6.45) is 4.94. The Morgan fingerprint density at radius 2 is 1.95 bits per heavy atom. The van der Waals surface area contributed by atoms with Crippen molar-refractivity contribution in [2.75, 3.05) is 39.0 Å². The van der Waals surface area contributed by atoms with Crippen LogP contribution in [0.25, 0.3) is 0 Å². The molecular formula is C13H27ClN2O3S. The van der Waals surface area contributed by atoms with E-state index in [1.807, 2.05) is 7.05 Å². The zero-order chi connectivity index (χ0) is 13.7. The molecule has 0 aliphatic carbocycles. The Bertz CT molecular complexity index is 364. The van der Waals surface area contributed by atoms with Crippen molar-refractivity contribution in [1.82, 2.24) is 9.62 Å². The van der Waals surface area contributed by atoms with Crippen LogP contribution in [0.2, 0.25) is 0 Å². The van der Waals surface area contributed by atoms with E-state index in [2.05, 4.69) is 5.32 Å². The molecule has 2 fully saturated rings. The maximum Gasteiger partial charge on any atom is 0.216 e. The van der Waals surface area contributed by atoms with Crippen LogP contribution < -0.4 is 5.32 Å². The average molecular weight is 327 g/mol. The zero-order valence-corrected chi connectivity index (χ0v) is 13.8. The molecule has 2 saturated heterocycles. The van der Waals surface area contributed by atoms with Gasteiger partial charge >= 0.3 is 0 Å². The van der Waals surface area contributed by atoms with Gasteiger partial charge in [-0.1, -0.05) is 0 Å². The molecule has 0 aromatic carbocycles. The van der Waals surface area contributed by atoms with Crippen LogP contribution in [-0.2, 0) is 14.8 Å². The third-order valence-corrected chi connectivity index (χ3v) is 6.13. The van der Waals surface area contributed by atoms with Crippen LogP contribution in [0.3, 0.4) is 0 Å². The highest BCUT2D eigenvalue weighted by atomic mass is 35.5. The van der Waals surface area contributed by atoms with Crippen molar-refractivity contribution in [2.24, 2.45) is 5.92 Å². The van der Waals surface area contributed by atoms with Crippen LogP contribution in [0.1, 0.15) is 32.1 Å². The molecule has 1 N–H and O–H groups in total. The maximum atomic E-state index is 12.3. The number of rotatable bonds is 6. The largest absolute Gasteiger partial charge is 0.377 e. The van der Waals surface area contributed by atoms with Gasteiger partial charge in [-0.05, 0) is 51.6 Å². The summed E-state index contributed by atoms with van der Waals surface area (Å²) < 4.78 is 31.7. The fourth-order valence-corrected chi connectivity index (χ4v) is 4.65. The van der Waals surface area contributed by atoms with Crippen LogP contribution >= 0.6 is 12.4 Å². The maximum absolute atomic E-state index is 12.3. The van der Waals surface area contributed by atoms with Gasteiger partial charge in [0.1, 0.15) is 0 Å². The lowest BCUT2D eigenvalue weighted by molar-refractivity contribution is 0.126. The molecule has 2 heterocycles. The first kappa shape index (κ1) is 18.2. The van der Waals surface area contributed by atoms with Crippen LogP contribution in [0.4, 0.5) is 0 Å². The normalized spacial score (nSPS) is 25.6. The standard InChI is InChI=1S/C13H26N2O3S.ClH/c1-14-7-4-12-5-8-15(9-6-12)19(16,17)11-13-3-2-10-18-13;/h12-14H,2-11H2,1H3;1H. The molecule has 20 heavy (non-hydrogen) atoms. The fourth-order valence-electron chi connectivity index (χ4n) is 2.94. The summed E-state index contributed by atoms with van der Waals surface area (Å²) in [7, 11) is -1.16. The molecule has 0 radical (unpaired) electrons.